The Morgan fingerprint density at radius 1 is 1.37 bits per heavy atom. The van der Waals surface area contributed by atoms with E-state index < -0.39 is 0 Å². The lowest BCUT2D eigenvalue weighted by Crippen LogP contribution is -2.22. The fourth-order valence-corrected chi connectivity index (χ4v) is 1.93. The van der Waals surface area contributed by atoms with Crippen molar-refractivity contribution in [2.24, 2.45) is 7.05 Å². The summed E-state index contributed by atoms with van der Waals surface area (Å²) in [7, 11) is 1.90. The Bertz CT molecular complexity index is 553. The zero-order valence-electron chi connectivity index (χ0n) is 11.0. The van der Waals surface area contributed by atoms with Crippen molar-refractivity contribution in [1.29, 1.82) is 0 Å². The Balaban J connectivity index is 1.92. The van der Waals surface area contributed by atoms with Crippen molar-refractivity contribution in [1.82, 2.24) is 20.1 Å². The van der Waals surface area contributed by atoms with Crippen LogP contribution in [0.5, 0.6) is 11.5 Å². The highest BCUT2D eigenvalue weighted by Gasteiger charge is 2.11. The van der Waals surface area contributed by atoms with Crippen LogP contribution < -0.4 is 5.32 Å². The van der Waals surface area contributed by atoms with Crippen molar-refractivity contribution in [3.05, 3.63) is 35.9 Å². The third-order valence-corrected chi connectivity index (χ3v) is 3.08. The van der Waals surface area contributed by atoms with Gasteiger partial charge in [0, 0.05) is 31.6 Å². The minimum absolute atomic E-state index is 0.0553. The number of nitrogens with zero attached hydrogens (tertiary/aromatic N) is 3. The summed E-state index contributed by atoms with van der Waals surface area (Å²) in [6.45, 7) is 2.65. The smallest absolute Gasteiger partial charge is 0.133 e. The van der Waals surface area contributed by atoms with E-state index in [4.69, 9.17) is 0 Å². The molecule has 2 aromatic rings. The molecule has 0 saturated heterocycles. The number of aromatic nitrogens is 3. The van der Waals surface area contributed by atoms with Crippen LogP contribution in [0.15, 0.2) is 24.5 Å². The Labute approximate surface area is 111 Å². The first-order chi connectivity index (χ1) is 9.08. The summed E-state index contributed by atoms with van der Waals surface area (Å²) in [5.74, 6) is 1.23. The van der Waals surface area contributed by atoms with Crippen LogP contribution in [0, 0.1) is 0 Å². The molecule has 1 aromatic heterocycles. The molecule has 1 atom stereocenters. The molecule has 0 bridgehead atoms. The average molecular weight is 262 g/mol. The molecule has 0 fully saturated rings. The van der Waals surface area contributed by atoms with Gasteiger partial charge < -0.3 is 20.1 Å². The lowest BCUT2D eigenvalue weighted by Gasteiger charge is -2.15. The van der Waals surface area contributed by atoms with E-state index in [1.165, 1.54) is 12.1 Å². The summed E-state index contributed by atoms with van der Waals surface area (Å²) < 4.78 is 1.87. The number of hydrogen-bond donors (Lipinski definition) is 3. The van der Waals surface area contributed by atoms with Crippen molar-refractivity contribution >= 4 is 0 Å². The minimum atomic E-state index is -0.0553. The molecule has 0 spiro atoms. The molecule has 0 aliphatic carbocycles. The minimum Gasteiger partial charge on any atom is -0.508 e. The Kier molecular flexibility index (Phi) is 4.01. The lowest BCUT2D eigenvalue weighted by atomic mass is 10.1. The van der Waals surface area contributed by atoms with Crippen molar-refractivity contribution in [3.8, 4) is 11.5 Å². The van der Waals surface area contributed by atoms with Gasteiger partial charge in [-0.25, -0.2) is 0 Å². The van der Waals surface area contributed by atoms with Crippen molar-refractivity contribution in [2.75, 3.05) is 6.54 Å². The molecule has 102 valence electrons. The van der Waals surface area contributed by atoms with E-state index in [-0.39, 0.29) is 17.5 Å². The largest absolute Gasteiger partial charge is 0.508 e. The van der Waals surface area contributed by atoms with Gasteiger partial charge in [-0.05, 0) is 25.1 Å². The molecule has 1 aromatic carbocycles. The molecule has 6 heteroatoms. The van der Waals surface area contributed by atoms with E-state index in [0.29, 0.717) is 12.1 Å². The van der Waals surface area contributed by atoms with Gasteiger partial charge in [0.1, 0.15) is 23.7 Å². The Morgan fingerprint density at radius 2 is 2.16 bits per heavy atom. The second-order valence-electron chi connectivity index (χ2n) is 4.53. The zero-order valence-corrected chi connectivity index (χ0v) is 11.0. The van der Waals surface area contributed by atoms with Gasteiger partial charge in [0.2, 0.25) is 0 Å². The molecule has 0 aliphatic heterocycles. The van der Waals surface area contributed by atoms with E-state index in [9.17, 15) is 10.2 Å². The SMILES string of the molecule is CC(NCCc1nncn1C)c1cc(O)ccc1O. The van der Waals surface area contributed by atoms with Crippen LogP contribution in [0.2, 0.25) is 0 Å². The number of nitrogens with one attached hydrogen (secondary N) is 1. The second kappa shape index (κ2) is 5.71. The normalized spacial score (nSPS) is 12.5. The van der Waals surface area contributed by atoms with Gasteiger partial charge in [0.15, 0.2) is 0 Å². The van der Waals surface area contributed by atoms with E-state index >= 15 is 0 Å². The van der Waals surface area contributed by atoms with Crippen molar-refractivity contribution in [3.63, 3.8) is 0 Å². The molecule has 1 unspecified atom stereocenters. The van der Waals surface area contributed by atoms with Crippen LogP contribution in [-0.4, -0.2) is 31.5 Å². The fourth-order valence-electron chi connectivity index (χ4n) is 1.93. The summed E-state index contributed by atoms with van der Waals surface area (Å²) in [6, 6.07) is 4.46. The predicted molar refractivity (Wildman–Crippen MR) is 70.9 cm³/mol. The summed E-state index contributed by atoms with van der Waals surface area (Å²) in [5, 5.41) is 30.3. The van der Waals surface area contributed by atoms with Gasteiger partial charge in [-0.15, -0.1) is 10.2 Å². The van der Waals surface area contributed by atoms with Crippen LogP contribution in [-0.2, 0) is 13.5 Å². The van der Waals surface area contributed by atoms with Crippen LogP contribution in [0.25, 0.3) is 0 Å². The van der Waals surface area contributed by atoms with E-state index in [1.807, 2.05) is 18.5 Å². The number of rotatable bonds is 5. The second-order valence-corrected chi connectivity index (χ2v) is 4.53. The summed E-state index contributed by atoms with van der Waals surface area (Å²) in [4.78, 5) is 0. The Morgan fingerprint density at radius 3 is 2.84 bits per heavy atom. The number of aromatic hydroxyl groups is 2. The topological polar surface area (TPSA) is 83.2 Å². The molecule has 19 heavy (non-hydrogen) atoms. The van der Waals surface area contributed by atoms with Crippen molar-refractivity contribution in [2.45, 2.75) is 19.4 Å². The highest BCUT2D eigenvalue weighted by Crippen LogP contribution is 2.27. The maximum absolute atomic E-state index is 9.76. The number of phenolic OH excluding ortho intramolecular Hbond substituents is 2. The van der Waals surface area contributed by atoms with Gasteiger partial charge in [-0.2, -0.15) is 0 Å². The fraction of sp³-hybridized carbons (Fsp3) is 0.385. The van der Waals surface area contributed by atoms with Gasteiger partial charge in [-0.3, -0.25) is 0 Å². The summed E-state index contributed by atoms with van der Waals surface area (Å²) in [6.07, 6.45) is 2.42. The summed E-state index contributed by atoms with van der Waals surface area (Å²) >= 11 is 0. The zero-order chi connectivity index (χ0) is 13.8. The number of benzene rings is 1. The van der Waals surface area contributed by atoms with Gasteiger partial charge >= 0.3 is 0 Å². The molecule has 0 saturated carbocycles. The van der Waals surface area contributed by atoms with Crippen LogP contribution in [0.1, 0.15) is 24.4 Å². The van der Waals surface area contributed by atoms with Gasteiger partial charge in [0.25, 0.3) is 0 Å². The first-order valence-corrected chi connectivity index (χ1v) is 6.16. The monoisotopic (exact) mass is 262 g/mol. The van der Waals surface area contributed by atoms with E-state index in [2.05, 4.69) is 15.5 Å². The standard InChI is InChI=1S/C13H18N4O2/c1-9(11-7-10(18)3-4-12(11)19)14-6-5-13-16-15-8-17(13)2/h3-4,7-9,14,18-19H,5-6H2,1-2H3. The number of aryl methyl sites for hydroxylation is 1. The molecule has 0 amide bonds. The molecule has 3 N–H and O–H groups in total. The van der Waals surface area contributed by atoms with Crippen molar-refractivity contribution < 1.29 is 10.2 Å². The molecular formula is C13H18N4O2. The summed E-state index contributed by atoms with van der Waals surface area (Å²) in [5.41, 5.74) is 0.679. The lowest BCUT2D eigenvalue weighted by molar-refractivity contribution is 0.441. The molecule has 0 aliphatic rings. The third-order valence-electron chi connectivity index (χ3n) is 3.08. The molecule has 1 heterocycles. The third kappa shape index (κ3) is 3.23. The first kappa shape index (κ1) is 13.4. The van der Waals surface area contributed by atoms with Crippen LogP contribution in [0.3, 0.4) is 0 Å². The highest BCUT2D eigenvalue weighted by molar-refractivity contribution is 5.40. The van der Waals surface area contributed by atoms with Crippen LogP contribution in [0.4, 0.5) is 0 Å². The van der Waals surface area contributed by atoms with Gasteiger partial charge in [-0.1, -0.05) is 0 Å². The highest BCUT2D eigenvalue weighted by atomic mass is 16.3. The number of phenols is 2. The molecule has 6 nitrogen and oxygen atoms in total. The maximum atomic E-state index is 9.76. The van der Waals surface area contributed by atoms with E-state index in [1.54, 1.807) is 12.4 Å². The number of hydrogen-bond acceptors (Lipinski definition) is 5. The van der Waals surface area contributed by atoms with E-state index in [0.717, 1.165) is 12.2 Å². The average Bonchev–Trinajstić information content (AvgIpc) is 2.78. The predicted octanol–water partition coefficient (Wildman–Crippen LogP) is 1.12. The first-order valence-electron chi connectivity index (χ1n) is 6.16. The maximum Gasteiger partial charge on any atom is 0.133 e. The molecular weight excluding hydrogens is 244 g/mol. The quantitative estimate of drug-likeness (QED) is 0.703. The molecule has 2 rings (SSSR count). The Hall–Kier alpha value is -2.08. The van der Waals surface area contributed by atoms with Crippen LogP contribution >= 0.6 is 0 Å². The van der Waals surface area contributed by atoms with Gasteiger partial charge in [0.05, 0.1) is 0 Å². The molecule has 0 radical (unpaired) electrons.